The molecule has 0 saturated heterocycles. The number of hydrogen-bond acceptors (Lipinski definition) is 2. The molecule has 0 radical (unpaired) electrons. The number of benzene rings is 1. The number of carboxylic acid groups (broad SMARTS) is 1. The van der Waals surface area contributed by atoms with E-state index in [-0.39, 0.29) is 0 Å². The van der Waals surface area contributed by atoms with Crippen LogP contribution in [-0.4, -0.2) is 17.1 Å². The summed E-state index contributed by atoms with van der Waals surface area (Å²) in [4.78, 5) is 12.8. The Morgan fingerprint density at radius 1 is 1.43 bits per heavy atom. The van der Waals surface area contributed by atoms with Crippen LogP contribution in [0.25, 0.3) is 0 Å². The molecule has 2 N–H and O–H groups in total. The first-order chi connectivity index (χ1) is 6.63. The predicted molar refractivity (Wildman–Crippen MR) is 55.6 cm³/mol. The fourth-order valence-electron chi connectivity index (χ4n) is 1.03. The summed E-state index contributed by atoms with van der Waals surface area (Å²) in [5.41, 5.74) is 0.870. The highest BCUT2D eigenvalue weighted by Crippen LogP contribution is 2.11. The lowest BCUT2D eigenvalue weighted by Crippen LogP contribution is -2.32. The second kappa shape index (κ2) is 5.20. The van der Waals surface area contributed by atoms with Gasteiger partial charge in [0, 0.05) is 5.02 Å². The molecule has 0 aliphatic rings. The van der Waals surface area contributed by atoms with Crippen LogP contribution in [0, 0.1) is 0 Å². The van der Waals surface area contributed by atoms with Gasteiger partial charge in [0.15, 0.2) is 0 Å². The maximum absolute atomic E-state index is 10.6. The van der Waals surface area contributed by atoms with Crippen molar-refractivity contribution in [3.8, 4) is 0 Å². The molecule has 0 heterocycles. The highest BCUT2D eigenvalue weighted by Gasteiger charge is 2.15. The SMILES string of the molecule is O=C(O)[C@H](Cc1ccc(Cl)cc1)NCl. The molecule has 14 heavy (non-hydrogen) atoms. The topological polar surface area (TPSA) is 49.3 Å². The number of rotatable bonds is 4. The summed E-state index contributed by atoms with van der Waals surface area (Å²) in [7, 11) is 0. The molecule has 0 unspecified atom stereocenters. The minimum absolute atomic E-state index is 0.329. The van der Waals surface area contributed by atoms with E-state index in [1.165, 1.54) is 0 Å². The maximum Gasteiger partial charge on any atom is 0.322 e. The smallest absolute Gasteiger partial charge is 0.322 e. The summed E-state index contributed by atoms with van der Waals surface area (Å²) in [6, 6.07) is 6.19. The van der Waals surface area contributed by atoms with E-state index >= 15 is 0 Å². The van der Waals surface area contributed by atoms with Crippen molar-refractivity contribution in [1.82, 2.24) is 4.84 Å². The molecule has 0 bridgehead atoms. The third kappa shape index (κ3) is 3.18. The lowest BCUT2D eigenvalue weighted by atomic mass is 10.1. The van der Waals surface area contributed by atoms with E-state index in [2.05, 4.69) is 4.84 Å². The number of nitrogens with one attached hydrogen (secondary N) is 1. The van der Waals surface area contributed by atoms with Crippen LogP contribution in [-0.2, 0) is 11.2 Å². The van der Waals surface area contributed by atoms with Gasteiger partial charge in [-0.3, -0.25) is 4.79 Å². The van der Waals surface area contributed by atoms with Crippen LogP contribution < -0.4 is 4.84 Å². The van der Waals surface area contributed by atoms with Gasteiger partial charge in [-0.2, -0.15) is 0 Å². The standard InChI is InChI=1S/C9H9Cl2NO2/c10-7-3-1-6(2-4-7)5-8(12-11)9(13)14/h1-4,8,12H,5H2,(H,13,14)/t8-/m0/s1. The summed E-state index contributed by atoms with van der Waals surface area (Å²) in [6.07, 6.45) is 0.329. The predicted octanol–water partition coefficient (Wildman–Crippen LogP) is 2.08. The van der Waals surface area contributed by atoms with Gasteiger partial charge in [-0.05, 0) is 35.9 Å². The van der Waals surface area contributed by atoms with Gasteiger partial charge in [0.05, 0.1) is 0 Å². The highest BCUT2D eigenvalue weighted by molar-refractivity contribution is 6.30. The molecule has 1 atom stereocenters. The van der Waals surface area contributed by atoms with Crippen molar-refractivity contribution in [2.75, 3.05) is 0 Å². The monoisotopic (exact) mass is 233 g/mol. The molecule has 0 spiro atoms. The van der Waals surface area contributed by atoms with Gasteiger partial charge in [0.2, 0.25) is 0 Å². The summed E-state index contributed by atoms with van der Waals surface area (Å²) >= 11 is 11.0. The zero-order valence-corrected chi connectivity index (χ0v) is 8.72. The second-order valence-electron chi connectivity index (χ2n) is 2.83. The summed E-state index contributed by atoms with van der Waals surface area (Å²) in [5, 5.41) is 9.34. The van der Waals surface area contributed by atoms with Crippen LogP contribution >= 0.6 is 23.4 Å². The third-order valence-corrected chi connectivity index (χ3v) is 2.30. The average Bonchev–Trinajstić information content (AvgIpc) is 2.16. The van der Waals surface area contributed by atoms with E-state index in [0.29, 0.717) is 11.4 Å². The zero-order valence-electron chi connectivity index (χ0n) is 7.21. The van der Waals surface area contributed by atoms with Crippen LogP contribution in [0.3, 0.4) is 0 Å². The minimum Gasteiger partial charge on any atom is -0.480 e. The Bertz CT molecular complexity index is 313. The van der Waals surface area contributed by atoms with Gasteiger partial charge in [-0.25, -0.2) is 4.84 Å². The third-order valence-electron chi connectivity index (χ3n) is 1.78. The molecule has 3 nitrogen and oxygen atoms in total. The van der Waals surface area contributed by atoms with Gasteiger partial charge in [0.25, 0.3) is 0 Å². The lowest BCUT2D eigenvalue weighted by Gasteiger charge is -2.09. The van der Waals surface area contributed by atoms with E-state index < -0.39 is 12.0 Å². The van der Waals surface area contributed by atoms with E-state index in [1.54, 1.807) is 24.3 Å². The Morgan fingerprint density at radius 3 is 2.43 bits per heavy atom. The lowest BCUT2D eigenvalue weighted by molar-refractivity contribution is -0.138. The molecule has 1 rings (SSSR count). The second-order valence-corrected chi connectivity index (χ2v) is 3.49. The van der Waals surface area contributed by atoms with Crippen LogP contribution in [0.5, 0.6) is 0 Å². The van der Waals surface area contributed by atoms with Crippen molar-refractivity contribution in [1.29, 1.82) is 0 Å². The molecular formula is C9H9Cl2NO2. The number of hydrogen-bond donors (Lipinski definition) is 2. The van der Waals surface area contributed by atoms with Gasteiger partial charge >= 0.3 is 5.97 Å². The normalized spacial score (nSPS) is 12.4. The average molecular weight is 234 g/mol. The van der Waals surface area contributed by atoms with Crippen LogP contribution in [0.15, 0.2) is 24.3 Å². The molecule has 0 aliphatic carbocycles. The van der Waals surface area contributed by atoms with Crippen molar-refractivity contribution in [2.24, 2.45) is 0 Å². The quantitative estimate of drug-likeness (QED) is 0.784. The molecule has 1 aromatic rings. The van der Waals surface area contributed by atoms with Crippen LogP contribution in [0.1, 0.15) is 5.56 Å². The molecular weight excluding hydrogens is 225 g/mol. The van der Waals surface area contributed by atoms with Crippen LogP contribution in [0.4, 0.5) is 0 Å². The Hall–Kier alpha value is -0.770. The molecule has 5 heteroatoms. The minimum atomic E-state index is -0.977. The van der Waals surface area contributed by atoms with Crippen molar-refractivity contribution >= 4 is 29.3 Å². The Balaban J connectivity index is 2.67. The Labute approximate surface area is 91.8 Å². The van der Waals surface area contributed by atoms with Crippen molar-refractivity contribution in [2.45, 2.75) is 12.5 Å². The highest BCUT2D eigenvalue weighted by atomic mass is 35.5. The number of carbonyl (C=O) groups is 1. The summed E-state index contributed by atoms with van der Waals surface area (Å²) < 4.78 is 0. The maximum atomic E-state index is 10.6. The number of carboxylic acids is 1. The van der Waals surface area contributed by atoms with Crippen molar-refractivity contribution < 1.29 is 9.90 Å². The first kappa shape index (κ1) is 11.3. The van der Waals surface area contributed by atoms with Crippen molar-refractivity contribution in [3.05, 3.63) is 34.9 Å². The summed E-state index contributed by atoms with van der Waals surface area (Å²) in [5.74, 6) is -0.977. The van der Waals surface area contributed by atoms with Crippen molar-refractivity contribution in [3.63, 3.8) is 0 Å². The zero-order chi connectivity index (χ0) is 10.6. The molecule has 0 aliphatic heterocycles. The van der Waals surface area contributed by atoms with Crippen LogP contribution in [0.2, 0.25) is 5.02 Å². The molecule has 0 amide bonds. The molecule has 0 fully saturated rings. The van der Waals surface area contributed by atoms with E-state index in [9.17, 15) is 4.79 Å². The van der Waals surface area contributed by atoms with Gasteiger partial charge in [-0.15, -0.1) is 0 Å². The first-order valence-electron chi connectivity index (χ1n) is 3.97. The van der Waals surface area contributed by atoms with Gasteiger partial charge in [-0.1, -0.05) is 23.7 Å². The molecule has 1 aromatic carbocycles. The van der Waals surface area contributed by atoms with E-state index in [4.69, 9.17) is 28.5 Å². The molecule has 0 saturated carbocycles. The van der Waals surface area contributed by atoms with E-state index in [0.717, 1.165) is 5.56 Å². The largest absolute Gasteiger partial charge is 0.480 e. The number of halogens is 2. The molecule has 76 valence electrons. The fourth-order valence-corrected chi connectivity index (χ4v) is 1.33. The number of aliphatic carboxylic acids is 1. The van der Waals surface area contributed by atoms with Gasteiger partial charge in [0.1, 0.15) is 6.04 Å². The van der Waals surface area contributed by atoms with E-state index in [1.807, 2.05) is 0 Å². The Morgan fingerprint density at radius 2 is 2.00 bits per heavy atom. The molecule has 0 aromatic heterocycles. The Kier molecular flexibility index (Phi) is 4.20. The summed E-state index contributed by atoms with van der Waals surface area (Å²) in [6.45, 7) is 0. The van der Waals surface area contributed by atoms with Gasteiger partial charge < -0.3 is 5.11 Å². The fraction of sp³-hybridized carbons (Fsp3) is 0.222. The first-order valence-corrected chi connectivity index (χ1v) is 4.72.